The number of rotatable bonds is 5. The minimum absolute atomic E-state index is 0.0585. The quantitative estimate of drug-likeness (QED) is 0.893. The number of nitrogens with two attached hydrogens (primary N) is 1. The molecular formula is C14H22N2O3S. The molecule has 1 aromatic carbocycles. The number of ether oxygens (including phenoxy) is 1. The van der Waals surface area contributed by atoms with Crippen molar-refractivity contribution in [2.75, 3.05) is 19.7 Å². The Bertz CT molecular complexity index is 542. The van der Waals surface area contributed by atoms with E-state index in [4.69, 9.17) is 10.5 Å². The normalized spacial score (nSPS) is 23.9. The Labute approximate surface area is 120 Å². The van der Waals surface area contributed by atoms with E-state index in [1.165, 1.54) is 0 Å². The lowest BCUT2D eigenvalue weighted by Crippen LogP contribution is -2.33. The first-order chi connectivity index (χ1) is 9.45. The summed E-state index contributed by atoms with van der Waals surface area (Å²) in [6.45, 7) is 5.49. The minimum atomic E-state index is -3.40. The van der Waals surface area contributed by atoms with Crippen LogP contribution in [0.4, 0.5) is 0 Å². The number of benzene rings is 1. The summed E-state index contributed by atoms with van der Waals surface area (Å²) in [5.74, 6) is 1.05. The fraction of sp³-hybridized carbons (Fsp3) is 0.571. The Morgan fingerprint density at radius 1 is 1.30 bits per heavy atom. The second-order valence-electron chi connectivity index (χ2n) is 5.37. The van der Waals surface area contributed by atoms with Crippen LogP contribution in [0.25, 0.3) is 0 Å². The Morgan fingerprint density at radius 2 is 1.95 bits per heavy atom. The van der Waals surface area contributed by atoms with Gasteiger partial charge in [0.15, 0.2) is 0 Å². The molecule has 1 heterocycles. The SMILES string of the molecule is CC1CC(C)N(S(=O)(=O)c2ccc(OCCN)cc2)C1. The maximum absolute atomic E-state index is 12.6. The fourth-order valence-corrected chi connectivity index (χ4v) is 4.38. The first-order valence-electron chi connectivity index (χ1n) is 6.90. The highest BCUT2D eigenvalue weighted by atomic mass is 32.2. The van der Waals surface area contributed by atoms with Gasteiger partial charge in [0.25, 0.3) is 0 Å². The van der Waals surface area contributed by atoms with E-state index < -0.39 is 10.0 Å². The zero-order chi connectivity index (χ0) is 14.8. The predicted octanol–water partition coefficient (Wildman–Crippen LogP) is 1.44. The lowest BCUT2D eigenvalue weighted by molar-refractivity contribution is 0.328. The standard InChI is InChI=1S/C14H22N2O3S/c1-11-9-12(2)16(10-11)20(17,18)14-5-3-13(4-6-14)19-8-7-15/h3-6,11-12H,7-10,15H2,1-2H3. The third-order valence-corrected chi connectivity index (χ3v) is 5.54. The summed E-state index contributed by atoms with van der Waals surface area (Å²) < 4.78 is 32.1. The summed E-state index contributed by atoms with van der Waals surface area (Å²) >= 11 is 0. The summed E-state index contributed by atoms with van der Waals surface area (Å²) in [6.07, 6.45) is 0.914. The van der Waals surface area contributed by atoms with Crippen molar-refractivity contribution in [3.8, 4) is 5.75 Å². The molecule has 0 radical (unpaired) electrons. The molecule has 1 saturated heterocycles. The molecule has 0 amide bonds. The molecule has 0 bridgehead atoms. The lowest BCUT2D eigenvalue weighted by atomic mass is 10.1. The number of hydrogen-bond acceptors (Lipinski definition) is 4. The van der Waals surface area contributed by atoms with Gasteiger partial charge in [-0.2, -0.15) is 4.31 Å². The van der Waals surface area contributed by atoms with E-state index >= 15 is 0 Å². The van der Waals surface area contributed by atoms with E-state index in [1.54, 1.807) is 28.6 Å². The number of hydrogen-bond donors (Lipinski definition) is 1. The summed E-state index contributed by atoms with van der Waals surface area (Å²) in [6, 6.07) is 6.59. The van der Waals surface area contributed by atoms with Crippen LogP contribution in [0.3, 0.4) is 0 Å². The molecule has 1 aromatic rings. The van der Waals surface area contributed by atoms with Gasteiger partial charge in [-0.15, -0.1) is 0 Å². The van der Waals surface area contributed by atoms with E-state index in [1.807, 2.05) is 6.92 Å². The molecule has 0 aliphatic carbocycles. The van der Waals surface area contributed by atoms with Crippen molar-refractivity contribution in [1.29, 1.82) is 0 Å². The first-order valence-corrected chi connectivity index (χ1v) is 8.34. The molecule has 2 N–H and O–H groups in total. The fourth-order valence-electron chi connectivity index (χ4n) is 2.62. The van der Waals surface area contributed by atoms with E-state index in [9.17, 15) is 8.42 Å². The van der Waals surface area contributed by atoms with Crippen molar-refractivity contribution >= 4 is 10.0 Å². The van der Waals surface area contributed by atoms with Gasteiger partial charge in [-0.05, 0) is 43.5 Å². The maximum atomic E-state index is 12.6. The van der Waals surface area contributed by atoms with Crippen molar-refractivity contribution in [3.63, 3.8) is 0 Å². The largest absolute Gasteiger partial charge is 0.492 e. The molecule has 0 aromatic heterocycles. The van der Waals surface area contributed by atoms with Gasteiger partial charge in [-0.1, -0.05) is 6.92 Å². The number of nitrogens with zero attached hydrogens (tertiary/aromatic N) is 1. The van der Waals surface area contributed by atoms with Crippen molar-refractivity contribution in [1.82, 2.24) is 4.31 Å². The molecule has 20 heavy (non-hydrogen) atoms. The average Bonchev–Trinajstić information content (AvgIpc) is 2.76. The highest BCUT2D eigenvalue weighted by Crippen LogP contribution is 2.29. The third-order valence-electron chi connectivity index (χ3n) is 3.54. The van der Waals surface area contributed by atoms with Crippen LogP contribution in [0, 0.1) is 5.92 Å². The van der Waals surface area contributed by atoms with Gasteiger partial charge in [0, 0.05) is 19.1 Å². The lowest BCUT2D eigenvalue weighted by Gasteiger charge is -2.21. The maximum Gasteiger partial charge on any atom is 0.243 e. The van der Waals surface area contributed by atoms with Gasteiger partial charge >= 0.3 is 0 Å². The Hall–Kier alpha value is -1.11. The van der Waals surface area contributed by atoms with Crippen LogP contribution < -0.4 is 10.5 Å². The van der Waals surface area contributed by atoms with Crippen molar-refractivity contribution < 1.29 is 13.2 Å². The molecule has 2 atom stereocenters. The Kier molecular flexibility index (Phi) is 4.67. The second kappa shape index (κ2) is 6.11. The molecule has 2 rings (SSSR count). The molecule has 5 nitrogen and oxygen atoms in total. The molecular weight excluding hydrogens is 276 g/mol. The molecule has 0 spiro atoms. The monoisotopic (exact) mass is 298 g/mol. The van der Waals surface area contributed by atoms with E-state index in [2.05, 4.69) is 6.92 Å². The van der Waals surface area contributed by atoms with Crippen LogP contribution in [0.2, 0.25) is 0 Å². The second-order valence-corrected chi connectivity index (χ2v) is 7.26. The van der Waals surface area contributed by atoms with Gasteiger partial charge in [0.2, 0.25) is 10.0 Å². The first kappa shape index (κ1) is 15.3. The van der Waals surface area contributed by atoms with E-state index in [-0.39, 0.29) is 6.04 Å². The summed E-state index contributed by atoms with van der Waals surface area (Å²) in [4.78, 5) is 0.318. The smallest absolute Gasteiger partial charge is 0.243 e. The third kappa shape index (κ3) is 3.13. The molecule has 112 valence electrons. The Balaban J connectivity index is 2.17. The summed E-state index contributed by atoms with van der Waals surface area (Å²) in [7, 11) is -3.40. The number of sulfonamides is 1. The minimum Gasteiger partial charge on any atom is -0.492 e. The highest BCUT2D eigenvalue weighted by Gasteiger charge is 2.35. The zero-order valence-corrected chi connectivity index (χ0v) is 12.8. The van der Waals surface area contributed by atoms with Crippen molar-refractivity contribution in [3.05, 3.63) is 24.3 Å². The van der Waals surface area contributed by atoms with Gasteiger partial charge in [-0.25, -0.2) is 8.42 Å². The van der Waals surface area contributed by atoms with Crippen molar-refractivity contribution in [2.45, 2.75) is 31.2 Å². The molecule has 2 unspecified atom stereocenters. The van der Waals surface area contributed by atoms with Crippen LogP contribution in [0.1, 0.15) is 20.3 Å². The summed E-state index contributed by atoms with van der Waals surface area (Å²) in [5, 5.41) is 0. The zero-order valence-electron chi connectivity index (χ0n) is 12.0. The van der Waals surface area contributed by atoms with Crippen LogP contribution in [0.15, 0.2) is 29.2 Å². The van der Waals surface area contributed by atoms with Gasteiger partial charge < -0.3 is 10.5 Å². The Morgan fingerprint density at radius 3 is 2.45 bits per heavy atom. The van der Waals surface area contributed by atoms with Crippen LogP contribution in [0.5, 0.6) is 5.75 Å². The van der Waals surface area contributed by atoms with Crippen molar-refractivity contribution in [2.24, 2.45) is 11.7 Å². The molecule has 0 saturated carbocycles. The molecule has 1 fully saturated rings. The topological polar surface area (TPSA) is 72.6 Å². The van der Waals surface area contributed by atoms with Crippen LogP contribution in [-0.4, -0.2) is 38.5 Å². The summed E-state index contributed by atoms with van der Waals surface area (Å²) in [5.41, 5.74) is 5.36. The van der Waals surface area contributed by atoms with Crippen LogP contribution in [-0.2, 0) is 10.0 Å². The van der Waals surface area contributed by atoms with E-state index in [0.29, 0.717) is 36.3 Å². The van der Waals surface area contributed by atoms with Crippen LogP contribution >= 0.6 is 0 Å². The molecule has 1 aliphatic rings. The average molecular weight is 298 g/mol. The van der Waals surface area contributed by atoms with Gasteiger partial charge in [0.1, 0.15) is 12.4 Å². The van der Waals surface area contributed by atoms with E-state index in [0.717, 1.165) is 6.42 Å². The molecule has 6 heteroatoms. The predicted molar refractivity (Wildman–Crippen MR) is 78.1 cm³/mol. The molecule has 1 aliphatic heterocycles. The highest BCUT2D eigenvalue weighted by molar-refractivity contribution is 7.89. The van der Waals surface area contributed by atoms with Gasteiger partial charge in [0.05, 0.1) is 4.90 Å². The van der Waals surface area contributed by atoms with Gasteiger partial charge in [-0.3, -0.25) is 0 Å².